The Morgan fingerprint density at radius 2 is 1.83 bits per heavy atom. The summed E-state index contributed by atoms with van der Waals surface area (Å²) in [6.45, 7) is 0. The second kappa shape index (κ2) is 2.15. The quantitative estimate of drug-likeness (QED) is 0.506. The first kappa shape index (κ1) is 6.74. The Bertz CT molecular complexity index is 110. The molecule has 0 aromatic heterocycles. The topological polar surface area (TPSA) is 63.6 Å². The summed E-state index contributed by atoms with van der Waals surface area (Å²) in [5.41, 5.74) is 0. The molecule has 6 heteroatoms. The third-order valence-electron chi connectivity index (χ3n) is 0.105. The van der Waals surface area contributed by atoms with Crippen molar-refractivity contribution in [3.8, 4) is 0 Å². The van der Waals surface area contributed by atoms with Gasteiger partial charge < -0.3 is 0 Å². The van der Waals surface area contributed by atoms with Gasteiger partial charge >= 0.3 is 50.5 Å². The van der Waals surface area contributed by atoms with E-state index >= 15 is 0 Å². The second-order valence-electron chi connectivity index (χ2n) is 0.511. The zero-order valence-corrected chi connectivity index (χ0v) is 6.99. The molecule has 0 aliphatic carbocycles. The van der Waals surface area contributed by atoms with Crippen LogP contribution < -0.4 is 0 Å². The molecule has 0 atom stereocenters. The van der Waals surface area contributed by atoms with Crippen LogP contribution in [0.1, 0.15) is 0 Å². The molecule has 0 radical (unpaired) electrons. The van der Waals surface area contributed by atoms with Crippen LogP contribution in [0.2, 0.25) is 0 Å². The Labute approximate surface area is 50.6 Å². The fourth-order valence-corrected chi connectivity index (χ4v) is 0. The summed E-state index contributed by atoms with van der Waals surface area (Å²) >= 11 is 0.0100. The molecule has 0 aliphatic rings. The normalized spacial score (nSPS) is 11.3. The standard InChI is InChI=1S/Hf.H2O4S/c;1-5(2,3)4/h;(H2,1,2,3,4)/q+1;/p-1. The number of rotatable bonds is 1. The molecule has 0 unspecified atom stereocenters. The van der Waals surface area contributed by atoms with Crippen molar-refractivity contribution >= 4 is 10.4 Å². The molecule has 0 bridgehead atoms. The van der Waals surface area contributed by atoms with E-state index in [-0.39, 0.29) is 24.8 Å². The summed E-state index contributed by atoms with van der Waals surface area (Å²) in [5.74, 6) is 0. The van der Waals surface area contributed by atoms with Crippen LogP contribution in [0, 0.1) is 0 Å². The van der Waals surface area contributed by atoms with Crippen molar-refractivity contribution < 1.29 is 40.1 Å². The summed E-state index contributed by atoms with van der Waals surface area (Å²) in [5, 5.41) is 0. The Hall–Kier alpha value is 0.740. The van der Waals surface area contributed by atoms with Crippen LogP contribution in [0.3, 0.4) is 0 Å². The Kier molecular flexibility index (Phi) is 2.42. The molecule has 0 aromatic carbocycles. The minimum atomic E-state index is -4.10. The molecule has 0 aromatic rings. The van der Waals surface area contributed by atoms with Crippen molar-refractivity contribution in [3.05, 3.63) is 0 Å². The van der Waals surface area contributed by atoms with E-state index in [0.29, 0.717) is 0 Å². The van der Waals surface area contributed by atoms with Crippen molar-refractivity contribution in [1.29, 1.82) is 0 Å². The van der Waals surface area contributed by atoms with Gasteiger partial charge in [-0.25, -0.2) is 0 Å². The molecule has 0 amide bonds. The molecule has 1 N–H and O–H groups in total. The van der Waals surface area contributed by atoms with Crippen molar-refractivity contribution in [1.82, 2.24) is 0 Å². The van der Waals surface area contributed by atoms with Gasteiger partial charge in [0.2, 0.25) is 0 Å². The maximum absolute atomic E-state index is 9.37. The van der Waals surface area contributed by atoms with E-state index in [2.05, 4.69) is 2.30 Å². The predicted octanol–water partition coefficient (Wildman–Crippen LogP) is -0.732. The first-order chi connectivity index (χ1) is 2.56. The van der Waals surface area contributed by atoms with Crippen molar-refractivity contribution in [2.24, 2.45) is 0 Å². The van der Waals surface area contributed by atoms with E-state index in [9.17, 15) is 8.42 Å². The van der Waals surface area contributed by atoms with Gasteiger partial charge in [-0.15, -0.1) is 0 Å². The van der Waals surface area contributed by atoms with E-state index < -0.39 is 10.4 Å². The van der Waals surface area contributed by atoms with Crippen LogP contribution >= 0.6 is 0 Å². The molecule has 0 saturated heterocycles. The molecule has 6 heavy (non-hydrogen) atoms. The fraction of sp³-hybridized carbons (Fsp3) is 0. The van der Waals surface area contributed by atoms with Crippen molar-refractivity contribution in [2.45, 2.75) is 0 Å². The minimum absolute atomic E-state index is 0.0100. The summed E-state index contributed by atoms with van der Waals surface area (Å²) in [4.78, 5) is 0. The van der Waals surface area contributed by atoms with E-state index in [4.69, 9.17) is 4.55 Å². The molecule has 0 fully saturated rings. The molecule has 0 rings (SSSR count). The first-order valence-electron chi connectivity index (χ1n) is 0.887. The van der Waals surface area contributed by atoms with Crippen LogP contribution in [-0.2, 0) is 37.5 Å². The van der Waals surface area contributed by atoms with Crippen LogP contribution in [-0.4, -0.2) is 13.0 Å². The molecule has 0 aliphatic heterocycles. The SMILES string of the molecule is O=S(=O)(O)[O][Hf]. The van der Waals surface area contributed by atoms with E-state index in [1.54, 1.807) is 0 Å². The summed E-state index contributed by atoms with van der Waals surface area (Å²) in [6, 6.07) is 0. The van der Waals surface area contributed by atoms with Crippen LogP contribution in [0.5, 0.6) is 0 Å². The van der Waals surface area contributed by atoms with Crippen LogP contribution in [0.25, 0.3) is 0 Å². The Balaban J connectivity index is 3.85. The number of hydrogen-bond acceptors (Lipinski definition) is 3. The molecular formula is HHfO4S. The third-order valence-corrected chi connectivity index (χ3v) is 2.59. The van der Waals surface area contributed by atoms with Gasteiger partial charge in [0, 0.05) is 0 Å². The van der Waals surface area contributed by atoms with Crippen molar-refractivity contribution in [3.63, 3.8) is 0 Å². The molecule has 0 heterocycles. The van der Waals surface area contributed by atoms with Gasteiger partial charge in [-0.05, 0) is 0 Å². The second-order valence-corrected chi connectivity index (χ2v) is 3.33. The average Bonchev–Trinajstić information content (AvgIpc) is 1.35. The Morgan fingerprint density at radius 1 is 1.67 bits per heavy atom. The zero-order chi connectivity index (χ0) is 5.21. The van der Waals surface area contributed by atoms with Crippen LogP contribution in [0.4, 0.5) is 0 Å². The Morgan fingerprint density at radius 3 is 1.83 bits per heavy atom. The number of hydrogen-bond donors (Lipinski definition) is 1. The zero-order valence-electron chi connectivity index (χ0n) is 2.58. The van der Waals surface area contributed by atoms with E-state index in [1.165, 1.54) is 0 Å². The first-order valence-corrected chi connectivity index (χ1v) is 3.72. The fourth-order valence-electron chi connectivity index (χ4n) is 0. The molecular weight excluding hydrogens is 275 g/mol. The summed E-state index contributed by atoms with van der Waals surface area (Å²) in [7, 11) is -4.10. The van der Waals surface area contributed by atoms with E-state index in [1.807, 2.05) is 0 Å². The van der Waals surface area contributed by atoms with Gasteiger partial charge in [0.05, 0.1) is 0 Å². The van der Waals surface area contributed by atoms with Gasteiger partial charge in [0.1, 0.15) is 0 Å². The van der Waals surface area contributed by atoms with Gasteiger partial charge in [-0.3, -0.25) is 0 Å². The predicted molar refractivity (Wildman–Crippen MR) is 12.6 cm³/mol. The molecule has 35 valence electrons. The van der Waals surface area contributed by atoms with Gasteiger partial charge in [0.25, 0.3) is 0 Å². The molecule has 4 nitrogen and oxygen atoms in total. The summed E-state index contributed by atoms with van der Waals surface area (Å²) < 4.78 is 30.0. The average molecular weight is 276 g/mol. The third kappa shape index (κ3) is 4.74. The van der Waals surface area contributed by atoms with Gasteiger partial charge in [-0.2, -0.15) is 0 Å². The van der Waals surface area contributed by atoms with Gasteiger partial charge in [-0.1, -0.05) is 0 Å². The molecule has 0 spiro atoms. The summed E-state index contributed by atoms with van der Waals surface area (Å²) in [6.07, 6.45) is 0. The van der Waals surface area contributed by atoms with E-state index in [0.717, 1.165) is 0 Å². The van der Waals surface area contributed by atoms with Crippen LogP contribution in [0.15, 0.2) is 0 Å². The van der Waals surface area contributed by atoms with Gasteiger partial charge in [0.15, 0.2) is 0 Å². The monoisotopic (exact) mass is 277 g/mol. The maximum atomic E-state index is 9.37. The molecule has 0 saturated carbocycles. The van der Waals surface area contributed by atoms with Crippen molar-refractivity contribution in [2.75, 3.05) is 0 Å².